The molecular formula is C30H59N3+2. The van der Waals surface area contributed by atoms with Crippen LogP contribution in [0.5, 0.6) is 0 Å². The molecule has 1 unspecified atom stereocenters. The van der Waals surface area contributed by atoms with E-state index in [9.17, 15) is 0 Å². The number of unbranched alkanes of at least 4 members (excludes halogenated alkanes) is 10. The fourth-order valence-electron chi connectivity index (χ4n) is 7.84. The van der Waals surface area contributed by atoms with Gasteiger partial charge in [-0.25, -0.2) is 4.90 Å². The number of piperazine rings is 1. The van der Waals surface area contributed by atoms with E-state index in [1.165, 1.54) is 184 Å². The molecule has 5 rings (SSSR count). The fourth-order valence-corrected chi connectivity index (χ4v) is 7.84. The van der Waals surface area contributed by atoms with Gasteiger partial charge in [0.1, 0.15) is 6.67 Å². The van der Waals surface area contributed by atoms with Crippen LogP contribution in [0.15, 0.2) is 0 Å². The van der Waals surface area contributed by atoms with Gasteiger partial charge in [0.15, 0.2) is 0 Å². The van der Waals surface area contributed by atoms with Crippen molar-refractivity contribution >= 4 is 0 Å². The Morgan fingerprint density at radius 2 is 1.03 bits per heavy atom. The molecule has 5 saturated heterocycles. The van der Waals surface area contributed by atoms with Crippen molar-refractivity contribution in [2.24, 2.45) is 11.8 Å². The maximum Gasteiger partial charge on any atom is 0.135 e. The number of hydrogen-bond acceptors (Lipinski definition) is 1. The molecule has 5 heterocycles. The molecule has 0 aromatic heterocycles. The maximum absolute atomic E-state index is 2.67. The van der Waals surface area contributed by atoms with Crippen LogP contribution in [0.2, 0.25) is 0 Å². The summed E-state index contributed by atoms with van der Waals surface area (Å²) < 4.78 is 2.95. The summed E-state index contributed by atoms with van der Waals surface area (Å²) >= 11 is 0. The van der Waals surface area contributed by atoms with E-state index in [-0.39, 0.29) is 0 Å². The van der Waals surface area contributed by atoms with E-state index in [1.54, 1.807) is 0 Å². The van der Waals surface area contributed by atoms with Crippen LogP contribution < -0.4 is 0 Å². The molecule has 5 fully saturated rings. The molecule has 3 nitrogen and oxygen atoms in total. The zero-order valence-electron chi connectivity index (χ0n) is 22.6. The molecule has 1 atom stereocenters. The molecule has 0 saturated carbocycles. The summed E-state index contributed by atoms with van der Waals surface area (Å²) in [7, 11) is 0. The summed E-state index contributed by atoms with van der Waals surface area (Å²) in [5.41, 5.74) is 0. The Balaban J connectivity index is 0.878. The topological polar surface area (TPSA) is 3.24 Å². The normalized spacial score (nSPS) is 33.7. The average Bonchev–Trinajstić information content (AvgIpc) is 3.45. The van der Waals surface area contributed by atoms with Gasteiger partial charge in [0, 0.05) is 0 Å². The summed E-state index contributed by atoms with van der Waals surface area (Å²) in [5.74, 6) is 2.07. The minimum absolute atomic E-state index is 0.965. The highest BCUT2D eigenvalue weighted by atomic mass is 15.5. The van der Waals surface area contributed by atoms with Gasteiger partial charge in [-0.3, -0.25) is 0 Å². The van der Waals surface area contributed by atoms with Crippen molar-refractivity contribution in [3.63, 3.8) is 0 Å². The molecular weight excluding hydrogens is 402 g/mol. The summed E-state index contributed by atoms with van der Waals surface area (Å²) in [6.45, 7) is 17.0. The molecule has 33 heavy (non-hydrogen) atoms. The predicted molar refractivity (Wildman–Crippen MR) is 142 cm³/mol. The van der Waals surface area contributed by atoms with Gasteiger partial charge in [0.25, 0.3) is 0 Å². The standard InChI is InChI=1S/C30H59N3/c1-29(15-11-7-9-12-21-32-23-16-30(17-24-32)18-25-32)14-10-6-4-2-3-5-8-13-22-33-26-19-31(28-33)20-27-33/h29-30H,2-28H2,1H3/q+2. The Morgan fingerprint density at radius 1 is 0.576 bits per heavy atom. The fraction of sp³-hybridized carbons (Fsp3) is 1.00. The second-order valence-corrected chi connectivity index (χ2v) is 13.2. The Kier molecular flexibility index (Phi) is 10.4. The van der Waals surface area contributed by atoms with Crippen molar-refractivity contribution < 1.29 is 8.97 Å². The van der Waals surface area contributed by atoms with Crippen LogP contribution in [0, 0.1) is 11.8 Å². The second kappa shape index (κ2) is 13.3. The SMILES string of the molecule is CC(CCCCCCCCCC[N+]12CCN(CC1)C2)CCCCCC[N+]12CCC(CC1)CC2. The lowest BCUT2D eigenvalue weighted by Gasteiger charge is -2.49. The van der Waals surface area contributed by atoms with Gasteiger partial charge in [-0.1, -0.05) is 71.1 Å². The third-order valence-electron chi connectivity index (χ3n) is 10.5. The lowest BCUT2D eigenvalue weighted by Crippen LogP contribution is -2.58. The molecule has 0 N–H and O–H groups in total. The van der Waals surface area contributed by atoms with Crippen molar-refractivity contribution in [3.05, 3.63) is 0 Å². The van der Waals surface area contributed by atoms with Gasteiger partial charge < -0.3 is 8.97 Å². The summed E-state index contributed by atoms with van der Waals surface area (Å²) in [6, 6.07) is 0. The lowest BCUT2D eigenvalue weighted by atomic mass is 9.85. The lowest BCUT2D eigenvalue weighted by molar-refractivity contribution is -0.942. The van der Waals surface area contributed by atoms with Crippen LogP contribution in [-0.4, -0.2) is 79.4 Å². The molecule has 0 radical (unpaired) electrons. The van der Waals surface area contributed by atoms with Crippen LogP contribution in [-0.2, 0) is 0 Å². The maximum atomic E-state index is 2.67. The van der Waals surface area contributed by atoms with Crippen molar-refractivity contribution in [2.45, 2.75) is 116 Å². The van der Waals surface area contributed by atoms with E-state index in [2.05, 4.69) is 11.8 Å². The zero-order chi connectivity index (χ0) is 22.8. The van der Waals surface area contributed by atoms with Gasteiger partial charge in [0.2, 0.25) is 0 Å². The Labute approximate surface area is 207 Å². The van der Waals surface area contributed by atoms with Crippen molar-refractivity contribution in [1.29, 1.82) is 0 Å². The van der Waals surface area contributed by atoms with Crippen LogP contribution in [0.25, 0.3) is 0 Å². The summed E-state index contributed by atoms with van der Waals surface area (Å²) in [6.07, 6.45) is 25.4. The quantitative estimate of drug-likeness (QED) is 0.160. The van der Waals surface area contributed by atoms with Crippen molar-refractivity contribution in [3.8, 4) is 0 Å². The third-order valence-corrected chi connectivity index (χ3v) is 10.5. The average molecular weight is 462 g/mol. The van der Waals surface area contributed by atoms with Gasteiger partial charge >= 0.3 is 0 Å². The highest BCUT2D eigenvalue weighted by molar-refractivity contribution is 4.72. The highest BCUT2D eigenvalue weighted by Gasteiger charge is 2.42. The molecule has 3 heteroatoms. The number of nitrogens with zero attached hydrogens (tertiary/aromatic N) is 3. The second-order valence-electron chi connectivity index (χ2n) is 13.2. The Morgan fingerprint density at radius 3 is 1.52 bits per heavy atom. The smallest absolute Gasteiger partial charge is 0.135 e. The molecule has 5 aliphatic rings. The first-order chi connectivity index (χ1) is 16.2. The first-order valence-corrected chi connectivity index (χ1v) is 15.6. The van der Waals surface area contributed by atoms with Gasteiger partial charge in [-0.15, -0.1) is 0 Å². The number of quaternary nitrogens is 2. The van der Waals surface area contributed by atoms with Crippen LogP contribution >= 0.6 is 0 Å². The third kappa shape index (κ3) is 8.21. The van der Waals surface area contributed by atoms with Crippen LogP contribution in [0.3, 0.4) is 0 Å². The first-order valence-electron chi connectivity index (χ1n) is 15.6. The predicted octanol–water partition coefficient (Wildman–Crippen LogP) is 6.82. The van der Waals surface area contributed by atoms with E-state index in [0.29, 0.717) is 0 Å². The Bertz CT molecular complexity index is 517. The molecule has 0 spiro atoms. The summed E-state index contributed by atoms with van der Waals surface area (Å²) in [5, 5.41) is 0. The van der Waals surface area contributed by atoms with Crippen LogP contribution in [0.1, 0.15) is 116 Å². The van der Waals surface area contributed by atoms with E-state index in [0.717, 1.165) is 11.8 Å². The van der Waals surface area contributed by atoms with E-state index in [1.807, 2.05) is 0 Å². The Hall–Kier alpha value is -0.120. The highest BCUT2D eigenvalue weighted by Crippen LogP contribution is 2.34. The van der Waals surface area contributed by atoms with Gasteiger partial charge in [-0.2, -0.15) is 0 Å². The minimum Gasteiger partial charge on any atom is -0.324 e. The van der Waals surface area contributed by atoms with E-state index in [4.69, 9.17) is 0 Å². The molecule has 0 aromatic carbocycles. The minimum atomic E-state index is 0.965. The summed E-state index contributed by atoms with van der Waals surface area (Å²) in [4.78, 5) is 2.67. The van der Waals surface area contributed by atoms with E-state index < -0.39 is 0 Å². The molecule has 5 aliphatic heterocycles. The molecule has 0 amide bonds. The monoisotopic (exact) mass is 461 g/mol. The van der Waals surface area contributed by atoms with Crippen LogP contribution in [0.4, 0.5) is 0 Å². The number of fused-ring (bicyclic) bond motifs is 5. The molecule has 0 aromatic rings. The first kappa shape index (κ1) is 26.0. The van der Waals surface area contributed by atoms with E-state index >= 15 is 0 Å². The number of piperidine rings is 3. The van der Waals surface area contributed by atoms with Crippen molar-refractivity contribution in [1.82, 2.24) is 4.90 Å². The van der Waals surface area contributed by atoms with Gasteiger partial charge in [-0.05, 0) is 56.8 Å². The number of rotatable bonds is 18. The molecule has 192 valence electrons. The zero-order valence-corrected chi connectivity index (χ0v) is 22.6. The molecule has 0 aliphatic carbocycles. The van der Waals surface area contributed by atoms with Crippen molar-refractivity contribution in [2.75, 3.05) is 65.6 Å². The van der Waals surface area contributed by atoms with Gasteiger partial charge in [0.05, 0.1) is 58.9 Å². The largest absolute Gasteiger partial charge is 0.324 e. The molecule has 4 bridgehead atoms. The number of hydrogen-bond donors (Lipinski definition) is 0.